The fraction of sp³-hybridized carbons (Fsp3) is 0.654. The Morgan fingerprint density at radius 3 is 1.33 bits per heavy atom. The molecule has 18 nitrogen and oxygen atoms in total. The van der Waals surface area contributed by atoms with Crippen LogP contribution in [0.25, 0.3) is 0 Å². The number of rotatable bonds is 22. The van der Waals surface area contributed by atoms with Crippen LogP contribution in [-0.2, 0) is 0 Å². The summed E-state index contributed by atoms with van der Waals surface area (Å²) >= 11 is 0. The first-order valence-electron chi connectivity index (χ1n) is 14.9. The standard InChI is InChI=1S/C26H59N8O10P5/c1-9-45(4,18-35)10-29-24(41)30-11-46(5,19-36)14-33(16-48(7,21-38)22-39)26(43)32-12-47(6,20-37)15-34(25(42)28-3)17-49(8,44)13-31-23(40)27-2/h35-39,44H,4-22H2,1-3H3,(H,28,42)(H,32,43)(H2,27,31,40)(H2,29,30,41). The second kappa shape index (κ2) is 21.6. The molecule has 23 heteroatoms. The van der Waals surface area contributed by atoms with Crippen LogP contribution in [0.2, 0.25) is 0 Å². The van der Waals surface area contributed by atoms with Crippen molar-refractivity contribution in [2.45, 2.75) is 6.92 Å². The first-order chi connectivity index (χ1) is 22.7. The molecule has 0 rings (SSSR count). The molecule has 0 radical (unpaired) electrons. The van der Waals surface area contributed by atoms with E-state index in [2.05, 4.69) is 63.4 Å². The molecule has 49 heavy (non-hydrogen) atoms. The predicted octanol–water partition coefficient (Wildman–Crippen LogP) is -0.548. The highest BCUT2D eigenvalue weighted by molar-refractivity contribution is 7.75. The summed E-state index contributed by atoms with van der Waals surface area (Å²) in [5.74, 6) is 0. The lowest BCUT2D eigenvalue weighted by atomic mass is 10.8. The van der Waals surface area contributed by atoms with Gasteiger partial charge in [-0.25, -0.2) is 19.2 Å². The van der Waals surface area contributed by atoms with E-state index in [9.17, 15) is 49.6 Å². The van der Waals surface area contributed by atoms with Gasteiger partial charge in [0.25, 0.3) is 0 Å². The first-order valence-corrected chi connectivity index (χ1v) is 27.4. The third kappa shape index (κ3) is 17.4. The van der Waals surface area contributed by atoms with Gasteiger partial charge in [-0.2, -0.15) is 0 Å². The molecule has 0 spiro atoms. The van der Waals surface area contributed by atoms with Crippen molar-refractivity contribution in [3.63, 3.8) is 0 Å². The van der Waals surface area contributed by atoms with E-state index in [-0.39, 0.29) is 56.6 Å². The Bertz CT molecular complexity index is 1350. The van der Waals surface area contributed by atoms with Gasteiger partial charge in [0.2, 0.25) is 0 Å². The van der Waals surface area contributed by atoms with E-state index in [4.69, 9.17) is 0 Å². The molecule has 0 saturated carbocycles. The number of amides is 8. The van der Waals surface area contributed by atoms with E-state index < -0.39 is 84.2 Å². The number of hydrogen-bond donors (Lipinski definition) is 12. The molecule has 0 heterocycles. The van der Waals surface area contributed by atoms with Crippen molar-refractivity contribution < 1.29 is 49.6 Å². The monoisotopic (exact) mass is 798 g/mol. The second-order valence-electron chi connectivity index (χ2n) is 12.2. The number of carbonyl (C=O) groups is 4. The van der Waals surface area contributed by atoms with Crippen LogP contribution in [0.4, 0.5) is 19.2 Å². The predicted molar refractivity (Wildman–Crippen MR) is 213 cm³/mol. The van der Waals surface area contributed by atoms with E-state index in [1.165, 1.54) is 23.9 Å². The van der Waals surface area contributed by atoms with Crippen LogP contribution in [0.3, 0.4) is 0 Å². The first kappa shape index (κ1) is 47.3. The molecule has 12 N–H and O–H groups in total. The Hall–Kier alpha value is -1.66. The highest BCUT2D eigenvalue weighted by Gasteiger charge is 2.30. The molecule has 0 saturated heterocycles. The third-order valence-electron chi connectivity index (χ3n) is 7.28. The largest absolute Gasteiger partial charge is 0.392 e. The summed E-state index contributed by atoms with van der Waals surface area (Å²) in [5, 5.41) is 65.5. The van der Waals surface area contributed by atoms with Gasteiger partial charge < -0.3 is 72.1 Å². The van der Waals surface area contributed by atoms with Gasteiger partial charge in [-0.1, -0.05) is 45.3 Å². The molecule has 0 aromatic rings. The van der Waals surface area contributed by atoms with E-state index in [0.717, 1.165) is 0 Å². The molecule has 0 aliphatic heterocycles. The molecule has 0 aliphatic rings. The van der Waals surface area contributed by atoms with E-state index in [0.29, 0.717) is 6.16 Å². The minimum Gasteiger partial charge on any atom is -0.392 e. The summed E-state index contributed by atoms with van der Waals surface area (Å²) in [6, 6.07) is -2.42. The van der Waals surface area contributed by atoms with Crippen LogP contribution in [0.5, 0.6) is 0 Å². The zero-order valence-electron chi connectivity index (χ0n) is 28.9. The average molecular weight is 799 g/mol. The topological polar surface area (TPSA) is 268 Å². The van der Waals surface area contributed by atoms with Crippen molar-refractivity contribution in [2.24, 2.45) is 0 Å². The van der Waals surface area contributed by atoms with E-state index >= 15 is 0 Å². The van der Waals surface area contributed by atoms with Gasteiger partial charge in [-0.05, 0) is 26.8 Å². The Balaban J connectivity index is 6.00. The van der Waals surface area contributed by atoms with Gasteiger partial charge in [0, 0.05) is 58.9 Å². The van der Waals surface area contributed by atoms with Crippen molar-refractivity contribution in [3.8, 4) is 0 Å². The Morgan fingerprint density at radius 2 is 0.918 bits per heavy atom. The summed E-state index contributed by atoms with van der Waals surface area (Å²) < 4.78 is 0. The highest BCUT2D eigenvalue weighted by Crippen LogP contribution is 2.49. The zero-order valence-corrected chi connectivity index (χ0v) is 33.4. The lowest BCUT2D eigenvalue weighted by Gasteiger charge is -2.36. The van der Waals surface area contributed by atoms with Gasteiger partial charge in [0.15, 0.2) is 0 Å². The Morgan fingerprint density at radius 1 is 0.531 bits per heavy atom. The Kier molecular flexibility index (Phi) is 20.9. The van der Waals surface area contributed by atoms with Gasteiger partial charge >= 0.3 is 24.1 Å². The number of aliphatic hydroxyl groups is 5. The zero-order chi connectivity index (χ0) is 38.1. The third-order valence-corrected chi connectivity index (χ3v) is 18.5. The number of nitrogens with zero attached hydrogens (tertiary/aromatic N) is 2. The van der Waals surface area contributed by atoms with Gasteiger partial charge in [0.05, 0.1) is 44.3 Å². The highest BCUT2D eigenvalue weighted by atomic mass is 31.2. The summed E-state index contributed by atoms with van der Waals surface area (Å²) in [4.78, 5) is 63.9. The van der Waals surface area contributed by atoms with Crippen LogP contribution >= 0.6 is 34.7 Å². The maximum atomic E-state index is 13.7. The van der Waals surface area contributed by atoms with Crippen molar-refractivity contribution >= 4 is 90.3 Å². The van der Waals surface area contributed by atoms with Crippen molar-refractivity contribution in [2.75, 3.05) is 102 Å². The molecule has 0 aliphatic carbocycles. The fourth-order valence-electron chi connectivity index (χ4n) is 3.84. The van der Waals surface area contributed by atoms with Crippen molar-refractivity contribution in [3.05, 3.63) is 0 Å². The molecule has 0 aromatic carbocycles. The maximum absolute atomic E-state index is 13.7. The van der Waals surface area contributed by atoms with Gasteiger partial charge in [-0.3, -0.25) is 0 Å². The number of aliphatic hydroxyl groups excluding tert-OH is 5. The van der Waals surface area contributed by atoms with Crippen molar-refractivity contribution in [1.82, 2.24) is 41.7 Å². The maximum Gasteiger partial charge on any atom is 0.318 e. The summed E-state index contributed by atoms with van der Waals surface area (Å²) in [6.45, 7) is -8.45. The molecule has 0 aromatic heterocycles. The van der Waals surface area contributed by atoms with Crippen LogP contribution < -0.4 is 31.9 Å². The van der Waals surface area contributed by atoms with E-state index in [1.807, 2.05) is 6.92 Å². The van der Waals surface area contributed by atoms with Gasteiger partial charge in [-0.15, -0.1) is 0 Å². The fourth-order valence-corrected chi connectivity index (χ4v) is 11.2. The summed E-state index contributed by atoms with van der Waals surface area (Å²) in [7, 11) is -0.363. The average Bonchev–Trinajstić information content (AvgIpc) is 3.09. The van der Waals surface area contributed by atoms with Gasteiger partial charge in [0.1, 0.15) is 0 Å². The van der Waals surface area contributed by atoms with Crippen LogP contribution in [0, 0.1) is 0 Å². The minimum atomic E-state index is -3.14. The SMILES string of the molecule is C=P(O)(CNC(=O)NC)CN(CP(=C)(CO)CNC(=O)N(CP(=C)(CO)CO)CP(=C)(CO)CNC(=O)NCP(=C)(CC)CO)C(=O)NC. The normalized spacial score (nSPS) is 16.3. The number of urea groups is 4. The molecule has 4 unspecified atom stereocenters. The lowest BCUT2D eigenvalue weighted by molar-refractivity contribution is 0.213. The molecule has 288 valence electrons. The smallest absolute Gasteiger partial charge is 0.318 e. The second-order valence-corrected chi connectivity index (χ2v) is 29.6. The number of carbonyl (C=O) groups excluding carboxylic acids is 4. The molecule has 0 fully saturated rings. The Labute approximate surface area is 290 Å². The molecular formula is C26H59N8O10P5. The quantitative estimate of drug-likeness (QED) is 0.0622. The molecular weight excluding hydrogens is 739 g/mol. The van der Waals surface area contributed by atoms with Crippen LogP contribution in [-0.4, -0.2) is 198 Å². The molecule has 8 amide bonds. The molecule has 0 bridgehead atoms. The number of hydrogen-bond acceptors (Lipinski definition) is 10. The molecule has 4 atom stereocenters. The summed E-state index contributed by atoms with van der Waals surface area (Å²) in [5.41, 5.74) is 0. The van der Waals surface area contributed by atoms with Crippen LogP contribution in [0.15, 0.2) is 0 Å². The number of nitrogens with one attached hydrogen (secondary N) is 6. The minimum absolute atomic E-state index is 0.0797. The van der Waals surface area contributed by atoms with Crippen LogP contribution in [0.1, 0.15) is 6.92 Å². The lowest BCUT2D eigenvalue weighted by Crippen LogP contribution is -2.45. The van der Waals surface area contributed by atoms with E-state index in [1.54, 1.807) is 0 Å². The summed E-state index contributed by atoms with van der Waals surface area (Å²) in [6.07, 6.45) is 17.6. The van der Waals surface area contributed by atoms with Crippen molar-refractivity contribution in [1.29, 1.82) is 0 Å².